The molecule has 3 aromatic rings. The van der Waals surface area contributed by atoms with Gasteiger partial charge in [0, 0.05) is 0 Å². The van der Waals surface area contributed by atoms with Crippen LogP contribution in [0.5, 0.6) is 5.75 Å². The Hall–Kier alpha value is -1.98. The van der Waals surface area contributed by atoms with Gasteiger partial charge in [-0.3, -0.25) is 0 Å². The fourth-order valence-electron chi connectivity index (χ4n) is 2.17. The van der Waals surface area contributed by atoms with E-state index in [2.05, 4.69) is 5.16 Å². The Morgan fingerprint density at radius 2 is 2.10 bits per heavy atom. The van der Waals surface area contributed by atoms with Crippen LogP contribution in [0.1, 0.15) is 5.56 Å². The average Bonchev–Trinajstić information content (AvgIpc) is 3.05. The summed E-state index contributed by atoms with van der Waals surface area (Å²) in [5.74, 6) is 1.07. The molecule has 0 aliphatic carbocycles. The Balaban J connectivity index is 2.17. The number of nitrogens with two attached hydrogens (primary N) is 1. The van der Waals surface area contributed by atoms with E-state index < -0.39 is 0 Å². The highest BCUT2D eigenvalue weighted by Crippen LogP contribution is 2.41. The van der Waals surface area contributed by atoms with Gasteiger partial charge in [0.25, 0.3) is 0 Å². The zero-order valence-corrected chi connectivity index (χ0v) is 13.1. The van der Waals surface area contributed by atoms with Crippen molar-refractivity contribution in [2.75, 3.05) is 12.8 Å². The maximum absolute atomic E-state index is 5.99. The standard InChI is InChI=1S/C15H13ClN2O2S/c1-8-3-4-9(7-10(8)19-2)13-14(18-20-15(13)17)11-5-6-12(16)21-11/h3-7H,17H2,1-2H3. The lowest BCUT2D eigenvalue weighted by Crippen LogP contribution is -1.90. The van der Waals surface area contributed by atoms with E-state index >= 15 is 0 Å². The van der Waals surface area contributed by atoms with Crippen LogP contribution in [0.15, 0.2) is 34.9 Å². The van der Waals surface area contributed by atoms with Crippen molar-refractivity contribution in [2.24, 2.45) is 0 Å². The Bertz CT molecular complexity index is 795. The number of aryl methyl sites for hydroxylation is 1. The molecule has 0 saturated heterocycles. The number of ether oxygens (including phenoxy) is 1. The molecule has 2 aromatic heterocycles. The fraction of sp³-hybridized carbons (Fsp3) is 0.133. The van der Waals surface area contributed by atoms with E-state index in [1.165, 1.54) is 11.3 Å². The van der Waals surface area contributed by atoms with Gasteiger partial charge in [0.15, 0.2) is 0 Å². The molecule has 0 amide bonds. The van der Waals surface area contributed by atoms with Gasteiger partial charge in [-0.2, -0.15) is 0 Å². The zero-order valence-electron chi connectivity index (χ0n) is 11.5. The number of aromatic nitrogens is 1. The van der Waals surface area contributed by atoms with Crippen LogP contribution in [0.2, 0.25) is 4.34 Å². The number of hydrogen-bond donors (Lipinski definition) is 1. The number of methoxy groups -OCH3 is 1. The van der Waals surface area contributed by atoms with Crippen molar-refractivity contribution in [2.45, 2.75) is 6.92 Å². The highest BCUT2D eigenvalue weighted by atomic mass is 35.5. The number of hydrogen-bond acceptors (Lipinski definition) is 5. The quantitative estimate of drug-likeness (QED) is 0.764. The molecule has 0 atom stereocenters. The van der Waals surface area contributed by atoms with Crippen LogP contribution in [0.3, 0.4) is 0 Å². The predicted octanol–water partition coefficient (Wildman–Crippen LogP) is 4.62. The minimum Gasteiger partial charge on any atom is -0.496 e. The normalized spacial score (nSPS) is 10.8. The first-order valence-corrected chi connectivity index (χ1v) is 7.45. The number of rotatable bonds is 3. The van der Waals surface area contributed by atoms with E-state index in [1.807, 2.05) is 37.3 Å². The van der Waals surface area contributed by atoms with E-state index in [0.29, 0.717) is 10.0 Å². The van der Waals surface area contributed by atoms with Crippen molar-refractivity contribution in [1.29, 1.82) is 0 Å². The van der Waals surface area contributed by atoms with Crippen LogP contribution >= 0.6 is 22.9 Å². The lowest BCUT2D eigenvalue weighted by atomic mass is 10.0. The number of thiophene rings is 1. The molecule has 0 radical (unpaired) electrons. The van der Waals surface area contributed by atoms with Gasteiger partial charge in [0.1, 0.15) is 11.4 Å². The van der Waals surface area contributed by atoms with Crippen LogP contribution in [0.4, 0.5) is 5.88 Å². The predicted molar refractivity (Wildman–Crippen MR) is 86.0 cm³/mol. The largest absolute Gasteiger partial charge is 0.496 e. The van der Waals surface area contributed by atoms with E-state index in [4.69, 9.17) is 26.6 Å². The van der Waals surface area contributed by atoms with Crippen LogP contribution < -0.4 is 10.5 Å². The fourth-order valence-corrected chi connectivity index (χ4v) is 3.20. The first-order valence-electron chi connectivity index (χ1n) is 6.26. The molecule has 0 aliphatic rings. The van der Waals surface area contributed by atoms with Crippen LogP contribution in [0.25, 0.3) is 21.7 Å². The van der Waals surface area contributed by atoms with Gasteiger partial charge in [0.2, 0.25) is 5.88 Å². The van der Waals surface area contributed by atoms with Crippen molar-refractivity contribution in [3.8, 4) is 27.4 Å². The number of halogens is 1. The highest BCUT2D eigenvalue weighted by molar-refractivity contribution is 7.19. The summed E-state index contributed by atoms with van der Waals surface area (Å²) in [5, 5.41) is 4.06. The van der Waals surface area contributed by atoms with Crippen molar-refractivity contribution in [1.82, 2.24) is 5.16 Å². The van der Waals surface area contributed by atoms with Gasteiger partial charge >= 0.3 is 0 Å². The van der Waals surface area contributed by atoms with Gasteiger partial charge in [-0.05, 0) is 36.2 Å². The Morgan fingerprint density at radius 1 is 1.29 bits per heavy atom. The molecule has 0 saturated carbocycles. The van der Waals surface area contributed by atoms with Gasteiger partial charge in [-0.25, -0.2) is 0 Å². The molecular weight excluding hydrogens is 308 g/mol. The topological polar surface area (TPSA) is 61.3 Å². The second kappa shape index (κ2) is 5.42. The number of anilines is 1. The molecule has 0 unspecified atom stereocenters. The Labute approximate surface area is 131 Å². The molecule has 2 heterocycles. The number of nitrogen functional groups attached to an aromatic ring is 1. The van der Waals surface area contributed by atoms with Gasteiger partial charge in [-0.15, -0.1) is 11.3 Å². The smallest absolute Gasteiger partial charge is 0.230 e. The number of benzene rings is 1. The zero-order chi connectivity index (χ0) is 15.0. The minimum absolute atomic E-state index is 0.278. The molecular formula is C15H13ClN2O2S. The van der Waals surface area contributed by atoms with E-state index in [-0.39, 0.29) is 5.88 Å². The number of nitrogens with zero attached hydrogens (tertiary/aromatic N) is 1. The first-order chi connectivity index (χ1) is 10.1. The molecule has 2 N–H and O–H groups in total. The monoisotopic (exact) mass is 320 g/mol. The summed E-state index contributed by atoms with van der Waals surface area (Å²) >= 11 is 7.43. The van der Waals surface area contributed by atoms with Crippen LogP contribution in [-0.2, 0) is 0 Å². The summed E-state index contributed by atoms with van der Waals surface area (Å²) in [5.41, 5.74) is 9.35. The lowest BCUT2D eigenvalue weighted by Gasteiger charge is -2.07. The van der Waals surface area contributed by atoms with Crippen molar-refractivity contribution >= 4 is 28.8 Å². The van der Waals surface area contributed by atoms with E-state index in [9.17, 15) is 0 Å². The molecule has 0 spiro atoms. The second-order valence-corrected chi connectivity index (χ2v) is 6.27. The summed E-state index contributed by atoms with van der Waals surface area (Å²) in [6.45, 7) is 1.99. The SMILES string of the molecule is COc1cc(-c2c(-c3ccc(Cl)s3)noc2N)ccc1C. The van der Waals surface area contributed by atoms with Gasteiger partial charge in [-0.1, -0.05) is 28.9 Å². The summed E-state index contributed by atoms with van der Waals surface area (Å²) in [6.07, 6.45) is 0. The molecule has 108 valence electrons. The van der Waals surface area contributed by atoms with Gasteiger partial charge in [0.05, 0.1) is 21.9 Å². The van der Waals surface area contributed by atoms with Gasteiger partial charge < -0.3 is 15.0 Å². The highest BCUT2D eigenvalue weighted by Gasteiger charge is 2.19. The minimum atomic E-state index is 0.278. The molecule has 0 aliphatic heterocycles. The molecule has 6 heteroatoms. The summed E-state index contributed by atoms with van der Waals surface area (Å²) in [6, 6.07) is 9.60. The maximum atomic E-state index is 5.99. The third-order valence-corrected chi connectivity index (χ3v) is 4.46. The third kappa shape index (κ3) is 2.50. The molecule has 21 heavy (non-hydrogen) atoms. The Morgan fingerprint density at radius 3 is 2.76 bits per heavy atom. The van der Waals surface area contributed by atoms with Crippen LogP contribution in [-0.4, -0.2) is 12.3 Å². The molecule has 3 rings (SSSR count). The average molecular weight is 321 g/mol. The summed E-state index contributed by atoms with van der Waals surface area (Å²) in [4.78, 5) is 0.912. The summed E-state index contributed by atoms with van der Waals surface area (Å²) in [7, 11) is 1.64. The van der Waals surface area contributed by atoms with Crippen molar-refractivity contribution < 1.29 is 9.26 Å². The molecule has 0 bridgehead atoms. The second-order valence-electron chi connectivity index (χ2n) is 4.56. The van der Waals surface area contributed by atoms with E-state index in [1.54, 1.807) is 7.11 Å². The lowest BCUT2D eigenvalue weighted by molar-refractivity contribution is 0.412. The third-order valence-electron chi connectivity index (χ3n) is 3.22. The Kier molecular flexibility index (Phi) is 3.61. The molecule has 4 nitrogen and oxygen atoms in total. The van der Waals surface area contributed by atoms with Crippen LogP contribution in [0, 0.1) is 6.92 Å². The molecule has 0 fully saturated rings. The summed E-state index contributed by atoms with van der Waals surface area (Å²) < 4.78 is 11.2. The van der Waals surface area contributed by atoms with Crippen molar-refractivity contribution in [3.05, 3.63) is 40.2 Å². The first kappa shape index (κ1) is 14.0. The maximum Gasteiger partial charge on any atom is 0.230 e. The van der Waals surface area contributed by atoms with E-state index in [0.717, 1.165) is 27.3 Å². The molecule has 1 aromatic carbocycles. The van der Waals surface area contributed by atoms with Crippen molar-refractivity contribution in [3.63, 3.8) is 0 Å².